The van der Waals surface area contributed by atoms with Gasteiger partial charge in [0, 0.05) is 181 Å². The lowest BCUT2D eigenvalue weighted by Gasteiger charge is -2.05. The molecule has 580 valence electrons. The fourth-order valence-electron chi connectivity index (χ4n) is 15.4. The molecule has 0 saturated carbocycles. The molecule has 0 fully saturated rings. The molecular formula is C102H72N20. The summed E-state index contributed by atoms with van der Waals surface area (Å²) in [4.78, 5) is 45.6. The van der Waals surface area contributed by atoms with Gasteiger partial charge in [-0.1, -0.05) is 223 Å². The smallest absolute Gasteiger partial charge is 0.162 e. The van der Waals surface area contributed by atoms with Crippen LogP contribution in [0.5, 0.6) is 0 Å². The van der Waals surface area contributed by atoms with Gasteiger partial charge in [-0.05, 0) is 114 Å². The average molecular weight is 1580 g/mol. The molecule has 0 atom stereocenters. The standard InChI is InChI=1S/3C22H16N4.C21H14N4.C15H10N4/c1-15-7-9-16(10-8-15)17-12-24-22-20(13-25-26(22)14-17)18-4-2-6-21-19(18)5-3-11-23-21;2*1-15-7-9-16(10-8-15)18-12-24-22-20(13-25-26(22)14-18)19-6-2-4-17-5-3-11-23-21(17)19;1-2-6-15(7-3-1)16-12-23-21-19(13-24-25(21)14-16)17-10-11-22-20-9-5-4-8-18(17)20;1-2-5-14-12(4-1)11(6-8-16-14)13-10-18-19-9-3-7-17-15(13)19/h3*2-14H,1H3;1-14H;1-10H. The minimum atomic E-state index is 0.832. The molecule has 0 aliphatic rings. The second-order valence-corrected chi connectivity index (χ2v) is 29.5. The molecule has 0 radical (unpaired) electrons. The van der Waals surface area contributed by atoms with Gasteiger partial charge in [0.05, 0.1) is 58.6 Å². The van der Waals surface area contributed by atoms with Gasteiger partial charge in [0.15, 0.2) is 28.2 Å². The first kappa shape index (κ1) is 74.0. The highest BCUT2D eigenvalue weighted by Crippen LogP contribution is 2.37. The van der Waals surface area contributed by atoms with Gasteiger partial charge in [-0.2, -0.15) is 25.5 Å². The molecule has 0 N–H and O–H groups in total. The third-order valence-corrected chi connectivity index (χ3v) is 21.6. The number of hydrogen-bond acceptors (Lipinski definition) is 15. The summed E-state index contributed by atoms with van der Waals surface area (Å²) in [5.41, 5.74) is 32.0. The van der Waals surface area contributed by atoms with Gasteiger partial charge in [0.1, 0.15) is 0 Å². The average Bonchev–Trinajstić information content (AvgIpc) is 1.58. The summed E-state index contributed by atoms with van der Waals surface area (Å²) >= 11 is 0. The lowest BCUT2D eigenvalue weighted by molar-refractivity contribution is 0.939. The number of fused-ring (bicyclic) bond motifs is 10. The van der Waals surface area contributed by atoms with Crippen molar-refractivity contribution in [2.75, 3.05) is 0 Å². The lowest BCUT2D eigenvalue weighted by atomic mass is 10.0. The Morgan fingerprint density at radius 1 is 0.189 bits per heavy atom. The number of benzene rings is 9. The topological polar surface area (TPSA) is 215 Å². The van der Waals surface area contributed by atoms with Crippen LogP contribution in [0.4, 0.5) is 0 Å². The van der Waals surface area contributed by atoms with Crippen LogP contribution in [0.1, 0.15) is 16.7 Å². The largest absolute Gasteiger partial charge is 0.256 e. The highest BCUT2D eigenvalue weighted by molar-refractivity contribution is 6.02. The second-order valence-electron chi connectivity index (χ2n) is 29.5. The summed E-state index contributed by atoms with van der Waals surface area (Å²) in [6.07, 6.45) is 37.8. The quantitative estimate of drug-likeness (QED) is 0.131. The van der Waals surface area contributed by atoms with Gasteiger partial charge in [-0.3, -0.25) is 24.9 Å². The summed E-state index contributed by atoms with van der Waals surface area (Å²) in [6, 6.07) is 88.2. The summed E-state index contributed by atoms with van der Waals surface area (Å²) in [7, 11) is 0. The van der Waals surface area contributed by atoms with Crippen molar-refractivity contribution in [3.05, 3.63) is 401 Å². The molecule has 24 rings (SSSR count). The first-order valence-corrected chi connectivity index (χ1v) is 39.8. The summed E-state index contributed by atoms with van der Waals surface area (Å²) < 4.78 is 9.15. The third kappa shape index (κ3) is 14.7. The Kier molecular flexibility index (Phi) is 19.8. The van der Waals surface area contributed by atoms with Gasteiger partial charge < -0.3 is 0 Å². The summed E-state index contributed by atoms with van der Waals surface area (Å²) in [5, 5.41) is 28.0. The monoisotopic (exact) mass is 1580 g/mol. The van der Waals surface area contributed by atoms with E-state index in [4.69, 9.17) is 15.0 Å². The van der Waals surface area contributed by atoms with Crippen LogP contribution >= 0.6 is 0 Å². The molecule has 0 unspecified atom stereocenters. The zero-order chi connectivity index (χ0) is 81.8. The van der Waals surface area contributed by atoms with Gasteiger partial charge in [-0.15, -0.1) is 0 Å². The fraction of sp³-hybridized carbons (Fsp3) is 0.0294. The predicted molar refractivity (Wildman–Crippen MR) is 485 cm³/mol. The molecule has 15 heterocycles. The van der Waals surface area contributed by atoms with Crippen molar-refractivity contribution >= 4 is 82.8 Å². The first-order chi connectivity index (χ1) is 60.2. The SMILES string of the molecule is Cc1ccc(-c2cnc3c(-c4cccc5cccnc45)cnn3c2)cc1.Cc1ccc(-c2cnc3c(-c4cccc5cccnc45)cnn3c2)cc1.Cc1ccc(-c2cnc3c(-c4cccc5ncccc45)cnn3c2)cc1.c1ccc(-c2cnc3c(-c4ccnc5ccccc45)cnn3c2)cc1.c1ccc2c(-c3cnn4cccnc34)ccnc2c1. The molecule has 24 aromatic rings. The molecule has 0 spiro atoms. The molecule has 9 aromatic carbocycles. The molecule has 20 heteroatoms. The Balaban J connectivity index is 0.0000000974. The Bertz CT molecular complexity index is 7450. The van der Waals surface area contributed by atoms with Gasteiger partial charge >= 0.3 is 0 Å². The van der Waals surface area contributed by atoms with Crippen molar-refractivity contribution in [2.45, 2.75) is 20.8 Å². The molecule has 122 heavy (non-hydrogen) atoms. The van der Waals surface area contributed by atoms with E-state index >= 15 is 0 Å². The van der Waals surface area contributed by atoms with E-state index in [-0.39, 0.29) is 0 Å². The van der Waals surface area contributed by atoms with E-state index in [9.17, 15) is 0 Å². The molecule has 0 amide bonds. The number of hydrogen-bond donors (Lipinski definition) is 0. The van der Waals surface area contributed by atoms with Crippen molar-refractivity contribution < 1.29 is 0 Å². The zero-order valence-electron chi connectivity index (χ0n) is 66.3. The molecule has 15 aromatic heterocycles. The van der Waals surface area contributed by atoms with Crippen LogP contribution in [-0.4, -0.2) is 97.9 Å². The van der Waals surface area contributed by atoms with Crippen LogP contribution < -0.4 is 0 Å². The van der Waals surface area contributed by atoms with Crippen molar-refractivity contribution in [1.29, 1.82) is 0 Å². The number of pyridine rings is 5. The molecule has 20 nitrogen and oxygen atoms in total. The maximum atomic E-state index is 4.70. The normalized spacial score (nSPS) is 11.2. The van der Waals surface area contributed by atoms with E-state index < -0.39 is 0 Å². The third-order valence-electron chi connectivity index (χ3n) is 21.6. The van der Waals surface area contributed by atoms with Crippen LogP contribution in [0, 0.1) is 20.8 Å². The minimum absolute atomic E-state index is 0.832. The van der Waals surface area contributed by atoms with E-state index in [1.807, 2.05) is 251 Å². The Hall–Kier alpha value is -16.9. The van der Waals surface area contributed by atoms with Crippen LogP contribution in [0.2, 0.25) is 0 Å². The molecule has 0 saturated heterocycles. The highest BCUT2D eigenvalue weighted by atomic mass is 15.3. The number of nitrogens with zero attached hydrogens (tertiary/aromatic N) is 20. The van der Waals surface area contributed by atoms with E-state index in [1.54, 1.807) is 10.7 Å². The van der Waals surface area contributed by atoms with Gasteiger partial charge in [0.2, 0.25) is 0 Å². The molecule has 0 bridgehead atoms. The van der Waals surface area contributed by atoms with E-state index in [0.29, 0.717) is 0 Å². The zero-order valence-corrected chi connectivity index (χ0v) is 66.3. The lowest BCUT2D eigenvalue weighted by Crippen LogP contribution is -1.92. The van der Waals surface area contributed by atoms with Crippen LogP contribution in [-0.2, 0) is 0 Å². The van der Waals surface area contributed by atoms with Crippen LogP contribution in [0.25, 0.3) is 183 Å². The number of rotatable bonds is 9. The Morgan fingerprint density at radius 3 is 0.926 bits per heavy atom. The van der Waals surface area contributed by atoms with Crippen LogP contribution in [0.15, 0.2) is 385 Å². The van der Waals surface area contributed by atoms with Crippen molar-refractivity contribution in [3.8, 4) is 100 Å². The maximum absolute atomic E-state index is 4.70. The van der Waals surface area contributed by atoms with E-state index in [0.717, 1.165) is 183 Å². The number of aryl methyl sites for hydroxylation is 3. The Labute approximate surface area is 698 Å². The summed E-state index contributed by atoms with van der Waals surface area (Å²) in [6.45, 7) is 6.26. The maximum Gasteiger partial charge on any atom is 0.162 e. The number of para-hydroxylation sites is 4. The van der Waals surface area contributed by atoms with E-state index in [2.05, 4.69) is 227 Å². The Morgan fingerprint density at radius 2 is 0.492 bits per heavy atom. The molecule has 0 aliphatic heterocycles. The summed E-state index contributed by atoms with van der Waals surface area (Å²) in [5.74, 6) is 0. The second kappa shape index (κ2) is 32.7. The van der Waals surface area contributed by atoms with Gasteiger partial charge in [0.25, 0.3) is 0 Å². The van der Waals surface area contributed by atoms with Gasteiger partial charge in [-0.25, -0.2) is 47.5 Å². The van der Waals surface area contributed by atoms with Crippen molar-refractivity contribution in [2.24, 2.45) is 0 Å². The molecular weight excluding hydrogens is 1510 g/mol. The first-order valence-electron chi connectivity index (χ1n) is 39.8. The van der Waals surface area contributed by atoms with E-state index in [1.165, 1.54) is 16.7 Å². The minimum Gasteiger partial charge on any atom is -0.256 e. The fourth-order valence-corrected chi connectivity index (χ4v) is 15.4. The molecule has 0 aliphatic carbocycles. The predicted octanol–water partition coefficient (Wildman–Crippen LogP) is 22.3. The van der Waals surface area contributed by atoms with Crippen molar-refractivity contribution in [1.82, 2.24) is 97.9 Å². The van der Waals surface area contributed by atoms with Crippen LogP contribution in [0.3, 0.4) is 0 Å². The van der Waals surface area contributed by atoms with Crippen molar-refractivity contribution in [3.63, 3.8) is 0 Å². The highest BCUT2D eigenvalue weighted by Gasteiger charge is 2.19. The number of aromatic nitrogens is 20.